The van der Waals surface area contributed by atoms with Gasteiger partial charge in [-0.1, -0.05) is 18.2 Å². The lowest BCUT2D eigenvalue weighted by Crippen LogP contribution is -2.58. The number of carbonyl (C=O) groups is 1. The molecule has 1 fully saturated rings. The number of carbonyl (C=O) groups excluding carboxylic acids is 1. The average molecular weight is 280 g/mol. The van der Waals surface area contributed by atoms with E-state index in [4.69, 9.17) is 10.5 Å². The monoisotopic (exact) mass is 280 g/mol. The van der Waals surface area contributed by atoms with E-state index in [0.29, 0.717) is 38.0 Å². The van der Waals surface area contributed by atoms with Crippen molar-refractivity contribution in [1.82, 2.24) is 5.32 Å². The van der Waals surface area contributed by atoms with Crippen molar-refractivity contribution >= 4 is 5.91 Å². The van der Waals surface area contributed by atoms with E-state index in [0.717, 1.165) is 0 Å². The first kappa shape index (κ1) is 14.9. The average Bonchev–Trinajstić information content (AvgIpc) is 2.42. The van der Waals surface area contributed by atoms with Crippen LogP contribution in [0, 0.1) is 5.82 Å². The number of nitrogens with two attached hydrogens (primary N) is 1. The predicted octanol–water partition coefficient (Wildman–Crippen LogP) is 1.38. The fourth-order valence-electron chi connectivity index (χ4n) is 2.38. The summed E-state index contributed by atoms with van der Waals surface area (Å²) in [5, 5.41) is 2.88. The van der Waals surface area contributed by atoms with Crippen LogP contribution in [0.15, 0.2) is 24.3 Å². The van der Waals surface area contributed by atoms with Crippen LogP contribution in [0.1, 0.15) is 25.3 Å². The summed E-state index contributed by atoms with van der Waals surface area (Å²) in [6.45, 7) is 2.87. The Morgan fingerprint density at radius 2 is 2.10 bits per heavy atom. The zero-order valence-electron chi connectivity index (χ0n) is 11.7. The molecule has 1 unspecified atom stereocenters. The number of ether oxygens (including phenoxy) is 1. The van der Waals surface area contributed by atoms with Gasteiger partial charge in [-0.2, -0.15) is 0 Å². The zero-order valence-corrected chi connectivity index (χ0v) is 11.7. The number of hydrogen-bond acceptors (Lipinski definition) is 3. The number of amides is 1. The topological polar surface area (TPSA) is 64.4 Å². The van der Waals surface area contributed by atoms with Gasteiger partial charge in [-0.15, -0.1) is 0 Å². The highest BCUT2D eigenvalue weighted by atomic mass is 19.1. The minimum atomic E-state index is -0.859. The van der Waals surface area contributed by atoms with Gasteiger partial charge in [-0.05, 0) is 37.8 Å². The van der Waals surface area contributed by atoms with Crippen LogP contribution in [0.25, 0.3) is 0 Å². The van der Waals surface area contributed by atoms with Gasteiger partial charge in [0.2, 0.25) is 5.91 Å². The molecule has 0 saturated carbocycles. The van der Waals surface area contributed by atoms with E-state index in [2.05, 4.69) is 5.32 Å². The molecule has 0 spiro atoms. The normalized spacial score (nSPS) is 19.4. The molecular weight excluding hydrogens is 259 g/mol. The summed E-state index contributed by atoms with van der Waals surface area (Å²) in [6, 6.07) is 6.43. The van der Waals surface area contributed by atoms with Gasteiger partial charge in [0.1, 0.15) is 5.82 Å². The molecular formula is C15H21FN2O2. The van der Waals surface area contributed by atoms with E-state index in [1.54, 1.807) is 18.2 Å². The third kappa shape index (κ3) is 3.55. The zero-order chi connectivity index (χ0) is 14.6. The maximum atomic E-state index is 13.6. The SMILES string of the molecule is CC(Cc1ccccc1F)NC(=O)C1(N)CCOCC1. The van der Waals surface area contributed by atoms with Gasteiger partial charge >= 0.3 is 0 Å². The third-order valence-corrected chi connectivity index (χ3v) is 3.70. The number of nitrogens with one attached hydrogen (secondary N) is 1. The third-order valence-electron chi connectivity index (χ3n) is 3.70. The molecule has 0 bridgehead atoms. The van der Waals surface area contributed by atoms with Crippen molar-refractivity contribution in [3.05, 3.63) is 35.6 Å². The van der Waals surface area contributed by atoms with E-state index in [1.165, 1.54) is 6.07 Å². The highest BCUT2D eigenvalue weighted by Crippen LogP contribution is 2.18. The second-order valence-electron chi connectivity index (χ2n) is 5.44. The maximum absolute atomic E-state index is 13.6. The van der Waals surface area contributed by atoms with Crippen molar-refractivity contribution in [2.24, 2.45) is 5.73 Å². The Bertz CT molecular complexity index is 473. The molecule has 2 rings (SSSR count). The van der Waals surface area contributed by atoms with Gasteiger partial charge in [0.25, 0.3) is 0 Å². The lowest BCUT2D eigenvalue weighted by Gasteiger charge is -2.33. The number of benzene rings is 1. The number of rotatable bonds is 4. The minimum Gasteiger partial charge on any atom is -0.381 e. The van der Waals surface area contributed by atoms with Gasteiger partial charge in [0.15, 0.2) is 0 Å². The Morgan fingerprint density at radius 3 is 2.75 bits per heavy atom. The summed E-state index contributed by atoms with van der Waals surface area (Å²) >= 11 is 0. The Hall–Kier alpha value is -1.46. The van der Waals surface area contributed by atoms with Crippen molar-refractivity contribution in [1.29, 1.82) is 0 Å². The fraction of sp³-hybridized carbons (Fsp3) is 0.533. The van der Waals surface area contributed by atoms with Gasteiger partial charge in [0, 0.05) is 19.3 Å². The summed E-state index contributed by atoms with van der Waals surface area (Å²) in [4.78, 5) is 12.2. The molecule has 1 aromatic carbocycles. The standard InChI is InChI=1S/C15H21FN2O2/c1-11(10-12-4-2-3-5-13(12)16)18-14(19)15(17)6-8-20-9-7-15/h2-5,11H,6-10,17H2,1H3,(H,18,19). The molecule has 1 atom stereocenters. The van der Waals surface area contributed by atoms with Crippen molar-refractivity contribution in [3.8, 4) is 0 Å². The molecule has 1 aliphatic rings. The van der Waals surface area contributed by atoms with Crippen molar-refractivity contribution < 1.29 is 13.9 Å². The van der Waals surface area contributed by atoms with Crippen LogP contribution in [0.5, 0.6) is 0 Å². The van der Waals surface area contributed by atoms with Gasteiger partial charge < -0.3 is 15.8 Å². The van der Waals surface area contributed by atoms with Crippen LogP contribution < -0.4 is 11.1 Å². The highest BCUT2D eigenvalue weighted by Gasteiger charge is 2.36. The van der Waals surface area contributed by atoms with Crippen LogP contribution in [0.4, 0.5) is 4.39 Å². The van der Waals surface area contributed by atoms with Crippen LogP contribution >= 0.6 is 0 Å². The van der Waals surface area contributed by atoms with Crippen LogP contribution in [0.2, 0.25) is 0 Å². The second-order valence-corrected chi connectivity index (χ2v) is 5.44. The quantitative estimate of drug-likeness (QED) is 0.876. The van der Waals surface area contributed by atoms with E-state index < -0.39 is 5.54 Å². The van der Waals surface area contributed by atoms with Crippen molar-refractivity contribution in [2.45, 2.75) is 37.8 Å². The molecule has 1 aliphatic heterocycles. The highest BCUT2D eigenvalue weighted by molar-refractivity contribution is 5.86. The molecule has 20 heavy (non-hydrogen) atoms. The largest absolute Gasteiger partial charge is 0.381 e. The Balaban J connectivity index is 1.92. The summed E-state index contributed by atoms with van der Waals surface area (Å²) in [5.74, 6) is -0.424. The van der Waals surface area contributed by atoms with Crippen LogP contribution in [-0.4, -0.2) is 30.7 Å². The van der Waals surface area contributed by atoms with Crippen LogP contribution in [0.3, 0.4) is 0 Å². The first-order chi connectivity index (χ1) is 9.51. The lowest BCUT2D eigenvalue weighted by atomic mass is 9.90. The summed E-state index contributed by atoms with van der Waals surface area (Å²) in [6.07, 6.45) is 1.49. The van der Waals surface area contributed by atoms with E-state index in [9.17, 15) is 9.18 Å². The van der Waals surface area contributed by atoms with Crippen molar-refractivity contribution in [2.75, 3.05) is 13.2 Å². The predicted molar refractivity (Wildman–Crippen MR) is 74.7 cm³/mol. The molecule has 110 valence electrons. The van der Waals surface area contributed by atoms with E-state index in [-0.39, 0.29) is 17.8 Å². The van der Waals surface area contributed by atoms with E-state index >= 15 is 0 Å². The van der Waals surface area contributed by atoms with Gasteiger partial charge in [-0.3, -0.25) is 4.79 Å². The van der Waals surface area contributed by atoms with Gasteiger partial charge in [-0.25, -0.2) is 4.39 Å². The number of hydrogen-bond donors (Lipinski definition) is 2. The molecule has 0 aromatic heterocycles. The fourth-order valence-corrected chi connectivity index (χ4v) is 2.38. The molecule has 0 aliphatic carbocycles. The molecule has 4 nitrogen and oxygen atoms in total. The Labute approximate surface area is 118 Å². The van der Waals surface area contributed by atoms with Crippen LogP contribution in [-0.2, 0) is 16.0 Å². The van der Waals surface area contributed by atoms with E-state index in [1.807, 2.05) is 6.92 Å². The summed E-state index contributed by atoms with van der Waals surface area (Å²) in [5.41, 5.74) is 5.84. The molecule has 0 radical (unpaired) electrons. The first-order valence-corrected chi connectivity index (χ1v) is 6.92. The molecule has 1 aromatic rings. The smallest absolute Gasteiger partial charge is 0.240 e. The van der Waals surface area contributed by atoms with Crippen molar-refractivity contribution in [3.63, 3.8) is 0 Å². The molecule has 5 heteroatoms. The molecule has 3 N–H and O–H groups in total. The number of halogens is 1. The summed E-state index contributed by atoms with van der Waals surface area (Å²) in [7, 11) is 0. The lowest BCUT2D eigenvalue weighted by molar-refractivity contribution is -0.130. The molecule has 1 amide bonds. The molecule has 1 saturated heterocycles. The second kappa shape index (κ2) is 6.33. The maximum Gasteiger partial charge on any atom is 0.240 e. The summed E-state index contributed by atoms with van der Waals surface area (Å²) < 4.78 is 18.8. The first-order valence-electron chi connectivity index (χ1n) is 6.92. The Kier molecular flexibility index (Phi) is 4.73. The van der Waals surface area contributed by atoms with Gasteiger partial charge in [0.05, 0.1) is 5.54 Å². The minimum absolute atomic E-state index is 0.164. The Morgan fingerprint density at radius 1 is 1.45 bits per heavy atom. The molecule has 1 heterocycles.